The number of carbonyl (C=O) groups is 1. The van der Waals surface area contributed by atoms with Gasteiger partial charge < -0.3 is 4.57 Å². The van der Waals surface area contributed by atoms with Crippen LogP contribution in [0.4, 0.5) is 5.69 Å². The summed E-state index contributed by atoms with van der Waals surface area (Å²) < 4.78 is 1.65. The predicted molar refractivity (Wildman–Crippen MR) is 64.5 cm³/mol. The number of hydrogen-bond acceptors (Lipinski definition) is 4. The van der Waals surface area contributed by atoms with Crippen LogP contribution < -0.4 is 0 Å². The molecule has 0 radical (unpaired) electrons. The van der Waals surface area contributed by atoms with E-state index >= 15 is 0 Å². The Kier molecular flexibility index (Phi) is 3.18. The molecular weight excluding hydrogens is 234 g/mol. The van der Waals surface area contributed by atoms with Crippen molar-refractivity contribution in [2.45, 2.75) is 13.5 Å². The van der Waals surface area contributed by atoms with Gasteiger partial charge in [-0.25, -0.2) is 4.98 Å². The lowest BCUT2D eigenvalue weighted by Gasteiger charge is -2.08. The van der Waals surface area contributed by atoms with E-state index in [-0.39, 0.29) is 5.69 Å². The summed E-state index contributed by atoms with van der Waals surface area (Å²) in [6, 6.07) is 4.91. The molecule has 1 heterocycles. The quantitative estimate of drug-likeness (QED) is 0.468. The van der Waals surface area contributed by atoms with Crippen LogP contribution in [0.15, 0.2) is 30.6 Å². The second-order valence-electron chi connectivity index (χ2n) is 3.85. The van der Waals surface area contributed by atoms with Crippen LogP contribution in [0.5, 0.6) is 0 Å². The predicted octanol–water partition coefficient (Wildman–Crippen LogP) is 1.96. The van der Waals surface area contributed by atoms with E-state index in [1.54, 1.807) is 29.8 Å². The molecule has 0 atom stereocenters. The molecule has 2 aromatic rings. The molecule has 0 fully saturated rings. The Labute approximate surface area is 103 Å². The second-order valence-corrected chi connectivity index (χ2v) is 3.85. The maximum absolute atomic E-state index is 10.8. The summed E-state index contributed by atoms with van der Waals surface area (Å²) >= 11 is 0. The summed E-state index contributed by atoms with van der Waals surface area (Å²) in [4.78, 5) is 25.0. The van der Waals surface area contributed by atoms with Crippen molar-refractivity contribution in [1.29, 1.82) is 0 Å². The molecule has 0 aliphatic carbocycles. The number of nitro groups is 1. The molecule has 0 aliphatic heterocycles. The van der Waals surface area contributed by atoms with Crippen LogP contribution in [-0.2, 0) is 6.54 Å². The lowest BCUT2D eigenvalue weighted by atomic mass is 10.1. The van der Waals surface area contributed by atoms with E-state index in [1.807, 2.05) is 0 Å². The van der Waals surface area contributed by atoms with Crippen molar-refractivity contribution in [3.05, 3.63) is 57.7 Å². The molecule has 6 nitrogen and oxygen atoms in total. The number of aromatic nitrogens is 2. The van der Waals surface area contributed by atoms with Gasteiger partial charge in [0.15, 0.2) is 12.1 Å². The Hall–Kier alpha value is -2.50. The molecular formula is C12H11N3O3. The molecule has 0 bridgehead atoms. The van der Waals surface area contributed by atoms with E-state index in [9.17, 15) is 14.9 Å². The van der Waals surface area contributed by atoms with Gasteiger partial charge in [0.05, 0.1) is 4.92 Å². The first-order valence-electron chi connectivity index (χ1n) is 5.32. The standard InChI is InChI=1S/C12H11N3O3/c1-9-10(3-2-4-11(9)15(17)18)7-14-6-5-13-12(14)8-16/h2-6,8H,7H2,1H3. The number of nitro benzene ring substituents is 1. The van der Waals surface area contributed by atoms with Crippen molar-refractivity contribution in [3.63, 3.8) is 0 Å². The molecule has 0 N–H and O–H groups in total. The molecule has 2 rings (SSSR count). The van der Waals surface area contributed by atoms with Crippen LogP contribution in [-0.4, -0.2) is 20.8 Å². The van der Waals surface area contributed by atoms with Gasteiger partial charge in [-0.1, -0.05) is 12.1 Å². The number of hydrogen-bond donors (Lipinski definition) is 0. The summed E-state index contributed by atoms with van der Waals surface area (Å²) in [6.45, 7) is 2.09. The van der Waals surface area contributed by atoms with E-state index in [0.717, 1.165) is 5.56 Å². The molecule has 0 unspecified atom stereocenters. The van der Waals surface area contributed by atoms with Crippen LogP contribution in [0.3, 0.4) is 0 Å². The van der Waals surface area contributed by atoms with Crippen LogP contribution in [0.1, 0.15) is 21.7 Å². The van der Waals surface area contributed by atoms with E-state index < -0.39 is 4.92 Å². The highest BCUT2D eigenvalue weighted by Crippen LogP contribution is 2.21. The van der Waals surface area contributed by atoms with Crippen molar-refractivity contribution in [3.8, 4) is 0 Å². The molecule has 6 heteroatoms. The zero-order chi connectivity index (χ0) is 13.1. The minimum atomic E-state index is -0.409. The summed E-state index contributed by atoms with van der Waals surface area (Å²) in [6.07, 6.45) is 3.85. The molecule has 1 aromatic heterocycles. The first kappa shape index (κ1) is 12.0. The zero-order valence-corrected chi connectivity index (χ0v) is 9.74. The summed E-state index contributed by atoms with van der Waals surface area (Å²) in [5, 5.41) is 10.8. The third-order valence-electron chi connectivity index (χ3n) is 2.81. The molecule has 0 aliphatic rings. The zero-order valence-electron chi connectivity index (χ0n) is 9.74. The molecule has 1 aromatic carbocycles. The van der Waals surface area contributed by atoms with Crippen LogP contribution in [0.2, 0.25) is 0 Å². The fraction of sp³-hybridized carbons (Fsp3) is 0.167. The van der Waals surface area contributed by atoms with E-state index in [4.69, 9.17) is 0 Å². The molecule has 92 valence electrons. The second kappa shape index (κ2) is 4.79. The van der Waals surface area contributed by atoms with Crippen LogP contribution in [0, 0.1) is 17.0 Å². The third-order valence-corrected chi connectivity index (χ3v) is 2.81. The first-order valence-corrected chi connectivity index (χ1v) is 5.32. The average molecular weight is 245 g/mol. The van der Waals surface area contributed by atoms with Gasteiger partial charge in [0.1, 0.15) is 0 Å². The van der Waals surface area contributed by atoms with E-state index in [0.29, 0.717) is 24.2 Å². The van der Waals surface area contributed by atoms with E-state index in [2.05, 4.69) is 4.98 Å². The van der Waals surface area contributed by atoms with Crippen molar-refractivity contribution < 1.29 is 9.72 Å². The van der Waals surface area contributed by atoms with Crippen LogP contribution in [0.25, 0.3) is 0 Å². The van der Waals surface area contributed by atoms with Crippen molar-refractivity contribution in [2.24, 2.45) is 0 Å². The fourth-order valence-corrected chi connectivity index (χ4v) is 1.80. The van der Waals surface area contributed by atoms with Gasteiger partial charge >= 0.3 is 0 Å². The Morgan fingerprint density at radius 2 is 2.28 bits per heavy atom. The Morgan fingerprint density at radius 3 is 2.94 bits per heavy atom. The lowest BCUT2D eigenvalue weighted by Crippen LogP contribution is -2.05. The highest BCUT2D eigenvalue weighted by atomic mass is 16.6. The SMILES string of the molecule is Cc1c(Cn2ccnc2C=O)cccc1[N+](=O)[O-]. The lowest BCUT2D eigenvalue weighted by molar-refractivity contribution is -0.385. The molecule has 0 amide bonds. The van der Waals surface area contributed by atoms with Crippen molar-refractivity contribution >= 4 is 12.0 Å². The topological polar surface area (TPSA) is 78.0 Å². The van der Waals surface area contributed by atoms with Gasteiger partial charge in [0.25, 0.3) is 5.69 Å². The number of aldehydes is 1. The first-order chi connectivity index (χ1) is 8.63. The smallest absolute Gasteiger partial charge is 0.272 e. The monoisotopic (exact) mass is 245 g/mol. The number of rotatable bonds is 4. The van der Waals surface area contributed by atoms with E-state index in [1.165, 1.54) is 12.3 Å². The Balaban J connectivity index is 2.38. The van der Waals surface area contributed by atoms with Crippen molar-refractivity contribution in [1.82, 2.24) is 9.55 Å². The summed E-state index contributed by atoms with van der Waals surface area (Å²) in [7, 11) is 0. The molecule has 0 saturated heterocycles. The van der Waals surface area contributed by atoms with Gasteiger partial charge in [0, 0.05) is 30.6 Å². The maximum atomic E-state index is 10.8. The molecule has 0 saturated carbocycles. The van der Waals surface area contributed by atoms with Gasteiger partial charge in [-0.2, -0.15) is 0 Å². The third kappa shape index (κ3) is 2.13. The molecule has 0 spiro atoms. The van der Waals surface area contributed by atoms with Gasteiger partial charge in [-0.15, -0.1) is 0 Å². The number of benzene rings is 1. The van der Waals surface area contributed by atoms with Gasteiger partial charge in [-0.05, 0) is 12.5 Å². The largest absolute Gasteiger partial charge is 0.324 e. The van der Waals surface area contributed by atoms with Crippen LogP contribution >= 0.6 is 0 Å². The fourth-order valence-electron chi connectivity index (χ4n) is 1.80. The maximum Gasteiger partial charge on any atom is 0.272 e. The minimum Gasteiger partial charge on any atom is -0.324 e. The highest BCUT2D eigenvalue weighted by Gasteiger charge is 2.13. The number of carbonyl (C=O) groups excluding carboxylic acids is 1. The normalized spacial score (nSPS) is 10.3. The summed E-state index contributed by atoms with van der Waals surface area (Å²) in [5.41, 5.74) is 1.48. The van der Waals surface area contributed by atoms with Crippen molar-refractivity contribution in [2.75, 3.05) is 0 Å². The molecule has 18 heavy (non-hydrogen) atoms. The summed E-state index contributed by atoms with van der Waals surface area (Å²) in [5.74, 6) is 0.306. The Morgan fingerprint density at radius 1 is 1.50 bits per heavy atom. The highest BCUT2D eigenvalue weighted by molar-refractivity contribution is 5.69. The Bertz CT molecular complexity index is 604. The van der Waals surface area contributed by atoms with Gasteiger partial charge in [-0.3, -0.25) is 14.9 Å². The average Bonchev–Trinajstić information content (AvgIpc) is 2.78. The minimum absolute atomic E-state index is 0.0836. The van der Waals surface area contributed by atoms with Gasteiger partial charge in [0.2, 0.25) is 0 Å². The number of imidazole rings is 1. The number of nitrogens with zero attached hydrogens (tertiary/aromatic N) is 3.